The van der Waals surface area contributed by atoms with E-state index in [0.717, 1.165) is 38.6 Å². The van der Waals surface area contributed by atoms with Crippen molar-refractivity contribution in [3.63, 3.8) is 0 Å². The molecule has 0 amide bonds. The van der Waals surface area contributed by atoms with Crippen LogP contribution >= 0.6 is 0 Å². The fraction of sp³-hybridized carbons (Fsp3) is 0.650. The predicted octanol–water partition coefficient (Wildman–Crippen LogP) is 2.11. The highest BCUT2D eigenvalue weighted by Gasteiger charge is 2.20. The van der Waals surface area contributed by atoms with Gasteiger partial charge >= 0.3 is 0 Å². The van der Waals surface area contributed by atoms with Crippen molar-refractivity contribution in [2.24, 2.45) is 10.9 Å². The lowest BCUT2D eigenvalue weighted by atomic mass is 10.1. The lowest BCUT2D eigenvalue weighted by molar-refractivity contribution is 0.123. The van der Waals surface area contributed by atoms with Crippen molar-refractivity contribution in [1.82, 2.24) is 10.6 Å². The number of ether oxygens (including phenoxy) is 3. The van der Waals surface area contributed by atoms with Crippen LogP contribution in [-0.2, 0) is 4.74 Å². The first kappa shape index (κ1) is 21.3. The molecule has 3 N–H and O–H groups in total. The third-order valence-corrected chi connectivity index (χ3v) is 4.37. The molecule has 1 aliphatic carbocycles. The molecular weight excluding hydrogens is 346 g/mol. The van der Waals surface area contributed by atoms with E-state index in [0.29, 0.717) is 23.0 Å². The lowest BCUT2D eigenvalue weighted by Gasteiger charge is -2.16. The van der Waals surface area contributed by atoms with E-state index in [1.165, 1.54) is 12.8 Å². The Labute approximate surface area is 162 Å². The Balaban J connectivity index is 1.83. The van der Waals surface area contributed by atoms with Gasteiger partial charge in [0.2, 0.25) is 0 Å². The summed E-state index contributed by atoms with van der Waals surface area (Å²) in [5.41, 5.74) is 0.657. The van der Waals surface area contributed by atoms with Gasteiger partial charge in [-0.1, -0.05) is 0 Å². The maximum absolute atomic E-state index is 10.6. The number of guanidine groups is 1. The van der Waals surface area contributed by atoms with Crippen LogP contribution in [0.25, 0.3) is 0 Å². The van der Waals surface area contributed by atoms with Crippen LogP contribution in [0.15, 0.2) is 23.2 Å². The number of methoxy groups -OCH3 is 2. The lowest BCUT2D eigenvalue weighted by Crippen LogP contribution is -2.38. The Bertz CT molecular complexity index is 591. The average Bonchev–Trinajstić information content (AvgIpc) is 3.52. The van der Waals surface area contributed by atoms with Crippen LogP contribution in [0, 0.1) is 5.92 Å². The van der Waals surface area contributed by atoms with E-state index in [-0.39, 0.29) is 6.54 Å². The molecule has 2 rings (SSSR count). The number of hydrogen-bond acceptors (Lipinski definition) is 5. The zero-order chi connectivity index (χ0) is 19.5. The van der Waals surface area contributed by atoms with E-state index in [2.05, 4.69) is 15.6 Å². The Morgan fingerprint density at radius 1 is 1.26 bits per heavy atom. The minimum Gasteiger partial charge on any atom is -0.497 e. The summed E-state index contributed by atoms with van der Waals surface area (Å²) in [5, 5.41) is 17.0. The SMILES string of the molecule is CCNC(=NCC(O)c1cc(OC)ccc1OC)NCCCOCC1CC1. The van der Waals surface area contributed by atoms with Crippen molar-refractivity contribution < 1.29 is 19.3 Å². The third-order valence-electron chi connectivity index (χ3n) is 4.37. The Kier molecular flexibility index (Phi) is 9.21. The standard InChI is InChI=1S/C20H33N3O4/c1-4-21-20(22-10-5-11-27-14-15-6-7-15)23-13-18(24)17-12-16(25-2)8-9-19(17)26-3/h8-9,12,15,18,24H,4-7,10-11,13-14H2,1-3H3,(H2,21,22,23). The number of aliphatic hydroxyl groups is 1. The molecule has 152 valence electrons. The second-order valence-electron chi connectivity index (χ2n) is 6.64. The van der Waals surface area contributed by atoms with Crippen LogP contribution in [-0.4, -0.2) is 58.1 Å². The minimum absolute atomic E-state index is 0.219. The molecule has 27 heavy (non-hydrogen) atoms. The first-order valence-corrected chi connectivity index (χ1v) is 9.67. The fourth-order valence-corrected chi connectivity index (χ4v) is 2.63. The highest BCUT2D eigenvalue weighted by molar-refractivity contribution is 5.79. The van der Waals surface area contributed by atoms with Crippen molar-refractivity contribution in [3.8, 4) is 11.5 Å². The Hall–Kier alpha value is -1.99. The van der Waals surface area contributed by atoms with Gasteiger partial charge in [0.05, 0.1) is 20.8 Å². The molecule has 0 radical (unpaired) electrons. The molecular formula is C20H33N3O4. The summed E-state index contributed by atoms with van der Waals surface area (Å²) in [5.74, 6) is 2.77. The molecule has 1 aromatic carbocycles. The number of rotatable bonds is 12. The summed E-state index contributed by atoms with van der Waals surface area (Å²) in [6.45, 7) is 5.40. The number of aliphatic hydroxyl groups excluding tert-OH is 1. The van der Waals surface area contributed by atoms with E-state index in [1.807, 2.05) is 6.92 Å². The van der Waals surface area contributed by atoms with Crippen molar-refractivity contribution in [2.45, 2.75) is 32.3 Å². The first-order valence-electron chi connectivity index (χ1n) is 9.67. The summed E-state index contributed by atoms with van der Waals surface area (Å²) in [4.78, 5) is 4.48. The summed E-state index contributed by atoms with van der Waals surface area (Å²) in [6.07, 6.45) is 2.77. The fourth-order valence-electron chi connectivity index (χ4n) is 2.63. The molecule has 0 aliphatic heterocycles. The highest BCUT2D eigenvalue weighted by atomic mass is 16.5. The minimum atomic E-state index is -0.785. The van der Waals surface area contributed by atoms with E-state index in [1.54, 1.807) is 32.4 Å². The van der Waals surface area contributed by atoms with Crippen molar-refractivity contribution >= 4 is 5.96 Å². The van der Waals surface area contributed by atoms with Crippen LogP contribution in [0.2, 0.25) is 0 Å². The number of nitrogens with one attached hydrogen (secondary N) is 2. The van der Waals surface area contributed by atoms with E-state index < -0.39 is 6.10 Å². The molecule has 1 atom stereocenters. The van der Waals surface area contributed by atoms with E-state index >= 15 is 0 Å². The van der Waals surface area contributed by atoms with Gasteiger partial charge in [0.1, 0.15) is 17.6 Å². The van der Waals surface area contributed by atoms with E-state index in [9.17, 15) is 5.11 Å². The molecule has 0 spiro atoms. The summed E-state index contributed by atoms with van der Waals surface area (Å²) >= 11 is 0. The van der Waals surface area contributed by atoms with Crippen LogP contribution in [0.3, 0.4) is 0 Å². The molecule has 1 fully saturated rings. The molecule has 1 saturated carbocycles. The van der Waals surface area contributed by atoms with Gasteiger partial charge in [0, 0.05) is 31.9 Å². The van der Waals surface area contributed by atoms with Gasteiger partial charge in [0.15, 0.2) is 5.96 Å². The summed E-state index contributed by atoms with van der Waals surface area (Å²) < 4.78 is 16.2. The van der Waals surface area contributed by atoms with Gasteiger partial charge < -0.3 is 30.0 Å². The van der Waals surface area contributed by atoms with Crippen LogP contribution < -0.4 is 20.1 Å². The zero-order valence-corrected chi connectivity index (χ0v) is 16.7. The number of nitrogens with zero attached hydrogens (tertiary/aromatic N) is 1. The van der Waals surface area contributed by atoms with Crippen LogP contribution in [0.1, 0.15) is 37.9 Å². The second-order valence-corrected chi connectivity index (χ2v) is 6.64. The van der Waals surface area contributed by atoms with Crippen molar-refractivity contribution in [1.29, 1.82) is 0 Å². The smallest absolute Gasteiger partial charge is 0.191 e. The first-order chi connectivity index (χ1) is 13.2. The van der Waals surface area contributed by atoms with Gasteiger partial charge in [-0.2, -0.15) is 0 Å². The molecule has 1 unspecified atom stereocenters. The van der Waals surface area contributed by atoms with Gasteiger partial charge in [-0.05, 0) is 50.3 Å². The summed E-state index contributed by atoms with van der Waals surface area (Å²) in [6, 6.07) is 5.36. The van der Waals surface area contributed by atoms with Gasteiger partial charge in [-0.3, -0.25) is 4.99 Å². The van der Waals surface area contributed by atoms with Crippen LogP contribution in [0.4, 0.5) is 0 Å². The molecule has 0 saturated heterocycles. The zero-order valence-electron chi connectivity index (χ0n) is 16.7. The molecule has 7 heteroatoms. The Morgan fingerprint density at radius 2 is 2.07 bits per heavy atom. The van der Waals surface area contributed by atoms with Gasteiger partial charge in [-0.25, -0.2) is 0 Å². The third kappa shape index (κ3) is 7.64. The highest BCUT2D eigenvalue weighted by Crippen LogP contribution is 2.29. The molecule has 0 bridgehead atoms. The molecule has 1 aromatic rings. The van der Waals surface area contributed by atoms with Gasteiger partial charge in [-0.15, -0.1) is 0 Å². The molecule has 1 aliphatic rings. The van der Waals surface area contributed by atoms with Crippen LogP contribution in [0.5, 0.6) is 11.5 Å². The molecule has 0 heterocycles. The molecule has 0 aromatic heterocycles. The largest absolute Gasteiger partial charge is 0.497 e. The average molecular weight is 380 g/mol. The number of aliphatic imine (C=N–C) groups is 1. The monoisotopic (exact) mass is 379 g/mol. The normalized spacial score (nSPS) is 15.3. The van der Waals surface area contributed by atoms with E-state index in [4.69, 9.17) is 14.2 Å². The maximum Gasteiger partial charge on any atom is 0.191 e. The van der Waals surface area contributed by atoms with Crippen molar-refractivity contribution in [3.05, 3.63) is 23.8 Å². The van der Waals surface area contributed by atoms with Crippen molar-refractivity contribution in [2.75, 3.05) is 47.1 Å². The molecule has 7 nitrogen and oxygen atoms in total. The van der Waals surface area contributed by atoms with Gasteiger partial charge in [0.25, 0.3) is 0 Å². The second kappa shape index (κ2) is 11.7. The topological polar surface area (TPSA) is 84.3 Å². The maximum atomic E-state index is 10.6. The Morgan fingerprint density at radius 3 is 2.74 bits per heavy atom. The number of benzene rings is 1. The quantitative estimate of drug-likeness (QED) is 0.293. The predicted molar refractivity (Wildman–Crippen MR) is 107 cm³/mol. The summed E-state index contributed by atoms with van der Waals surface area (Å²) in [7, 11) is 3.18. The number of hydrogen-bond donors (Lipinski definition) is 3.